The summed E-state index contributed by atoms with van der Waals surface area (Å²) >= 11 is 0. The normalized spacial score (nSPS) is 22.3. The van der Waals surface area contributed by atoms with E-state index < -0.39 is 11.7 Å². The molecule has 1 aliphatic heterocycles. The van der Waals surface area contributed by atoms with E-state index in [1.807, 2.05) is 6.92 Å². The molecule has 1 aromatic heterocycles. The molecule has 5 nitrogen and oxygen atoms in total. The second-order valence-electron chi connectivity index (χ2n) is 5.88. The van der Waals surface area contributed by atoms with Gasteiger partial charge >= 0.3 is 6.18 Å². The van der Waals surface area contributed by atoms with Crippen molar-refractivity contribution in [2.24, 2.45) is 5.92 Å². The van der Waals surface area contributed by atoms with Crippen molar-refractivity contribution in [3.8, 4) is 0 Å². The number of halogens is 3. The maximum atomic E-state index is 12.7. The topological polar surface area (TPSA) is 69.8 Å². The fraction of sp³-hybridized carbons (Fsp3) is 0.467. The van der Waals surface area contributed by atoms with Crippen molar-refractivity contribution in [1.29, 1.82) is 0 Å². The first-order chi connectivity index (χ1) is 10.8. The van der Waals surface area contributed by atoms with E-state index in [1.165, 1.54) is 6.07 Å². The molecule has 0 unspecified atom stereocenters. The van der Waals surface area contributed by atoms with Crippen molar-refractivity contribution in [1.82, 2.24) is 15.3 Å². The van der Waals surface area contributed by atoms with Crippen LogP contribution in [-0.2, 0) is 11.0 Å². The molecule has 1 saturated heterocycles. The zero-order chi connectivity index (χ0) is 16.6. The lowest BCUT2D eigenvalue weighted by atomic mass is 9.92. The van der Waals surface area contributed by atoms with Gasteiger partial charge < -0.3 is 10.3 Å². The molecule has 0 aliphatic carbocycles. The quantitative estimate of drug-likeness (QED) is 0.795. The lowest BCUT2D eigenvalue weighted by Crippen LogP contribution is -2.40. The minimum absolute atomic E-state index is 0.120. The number of aromatic nitrogens is 2. The molecule has 1 aromatic carbocycles. The number of nitrogens with zero attached hydrogens (tertiary/aromatic N) is 1. The Kier molecular flexibility index (Phi) is 4.01. The maximum Gasteiger partial charge on any atom is 0.416 e. The van der Waals surface area contributed by atoms with Crippen molar-refractivity contribution < 1.29 is 18.0 Å². The minimum Gasteiger partial charge on any atom is -0.324 e. The van der Waals surface area contributed by atoms with Gasteiger partial charge in [0.1, 0.15) is 0 Å². The van der Waals surface area contributed by atoms with E-state index in [1.54, 1.807) is 0 Å². The number of aromatic amines is 1. The van der Waals surface area contributed by atoms with Gasteiger partial charge in [-0.05, 0) is 44.5 Å². The molecule has 0 spiro atoms. The van der Waals surface area contributed by atoms with Gasteiger partial charge in [-0.3, -0.25) is 10.1 Å². The predicted molar refractivity (Wildman–Crippen MR) is 79.9 cm³/mol. The summed E-state index contributed by atoms with van der Waals surface area (Å²) in [4.78, 5) is 19.1. The van der Waals surface area contributed by atoms with Gasteiger partial charge in [0, 0.05) is 12.0 Å². The first-order valence-corrected chi connectivity index (χ1v) is 7.44. The summed E-state index contributed by atoms with van der Waals surface area (Å²) in [5.74, 6) is -0.103. The summed E-state index contributed by atoms with van der Waals surface area (Å²) in [6.07, 6.45) is -2.95. The van der Waals surface area contributed by atoms with Gasteiger partial charge in [-0.15, -0.1) is 0 Å². The molecule has 8 heteroatoms. The number of carbonyl (C=O) groups excluding carboxylic acids is 1. The van der Waals surface area contributed by atoms with E-state index in [0.717, 1.165) is 31.5 Å². The van der Waals surface area contributed by atoms with Crippen molar-refractivity contribution in [2.75, 3.05) is 11.9 Å². The van der Waals surface area contributed by atoms with Gasteiger partial charge in [0.2, 0.25) is 11.9 Å². The van der Waals surface area contributed by atoms with E-state index >= 15 is 0 Å². The van der Waals surface area contributed by atoms with Crippen LogP contribution in [-0.4, -0.2) is 28.5 Å². The smallest absolute Gasteiger partial charge is 0.324 e. The number of anilines is 1. The van der Waals surface area contributed by atoms with E-state index in [2.05, 4.69) is 20.6 Å². The van der Waals surface area contributed by atoms with Gasteiger partial charge in [-0.2, -0.15) is 13.2 Å². The fourth-order valence-corrected chi connectivity index (χ4v) is 2.83. The summed E-state index contributed by atoms with van der Waals surface area (Å²) in [6.45, 7) is 2.79. The third kappa shape index (κ3) is 3.47. The number of benzene rings is 1. The number of hydrogen-bond donors (Lipinski definition) is 3. The first kappa shape index (κ1) is 15.8. The molecule has 2 atom stereocenters. The molecular weight excluding hydrogens is 309 g/mol. The Morgan fingerprint density at radius 3 is 2.87 bits per heavy atom. The standard InChI is InChI=1S/C15H17F3N4O/c1-8-6-9(4-5-19-8)13(23)22-14-20-11-3-2-10(15(16,17)18)7-12(11)21-14/h2-3,7-9,19H,4-6H2,1H3,(H2,20,21,22,23)/t8-,9-/m0/s1. The molecule has 0 saturated carbocycles. The van der Waals surface area contributed by atoms with Crippen molar-refractivity contribution >= 4 is 22.9 Å². The van der Waals surface area contributed by atoms with Crippen LogP contribution >= 0.6 is 0 Å². The zero-order valence-corrected chi connectivity index (χ0v) is 12.5. The summed E-state index contributed by atoms with van der Waals surface area (Å²) in [7, 11) is 0. The van der Waals surface area contributed by atoms with Crippen LogP contribution in [0.25, 0.3) is 11.0 Å². The minimum atomic E-state index is -4.41. The van der Waals surface area contributed by atoms with Crippen LogP contribution in [0.4, 0.5) is 19.1 Å². The monoisotopic (exact) mass is 326 g/mol. The van der Waals surface area contributed by atoms with Crippen LogP contribution < -0.4 is 10.6 Å². The third-order valence-corrected chi connectivity index (χ3v) is 4.05. The molecular formula is C15H17F3N4O. The Morgan fingerprint density at radius 1 is 1.39 bits per heavy atom. The number of rotatable bonds is 2. The van der Waals surface area contributed by atoms with Gasteiger partial charge in [0.05, 0.1) is 16.6 Å². The van der Waals surface area contributed by atoms with Gasteiger partial charge in [-0.25, -0.2) is 4.98 Å². The average Bonchev–Trinajstić information content (AvgIpc) is 2.87. The highest BCUT2D eigenvalue weighted by molar-refractivity contribution is 5.92. The number of hydrogen-bond acceptors (Lipinski definition) is 3. The first-order valence-electron chi connectivity index (χ1n) is 7.44. The van der Waals surface area contributed by atoms with Crippen LogP contribution in [0.2, 0.25) is 0 Å². The average molecular weight is 326 g/mol. The van der Waals surface area contributed by atoms with E-state index in [0.29, 0.717) is 5.52 Å². The molecule has 1 fully saturated rings. The Hall–Kier alpha value is -2.09. The number of H-pyrrole nitrogens is 1. The highest BCUT2D eigenvalue weighted by Gasteiger charge is 2.31. The molecule has 3 N–H and O–H groups in total. The summed E-state index contributed by atoms with van der Waals surface area (Å²) in [5, 5.41) is 5.93. The predicted octanol–water partition coefficient (Wildman–Crippen LogP) is 2.91. The Morgan fingerprint density at radius 2 is 2.17 bits per heavy atom. The van der Waals surface area contributed by atoms with Crippen molar-refractivity contribution in [3.63, 3.8) is 0 Å². The highest BCUT2D eigenvalue weighted by Crippen LogP contribution is 2.31. The number of alkyl halides is 3. The number of piperidine rings is 1. The lowest BCUT2D eigenvalue weighted by Gasteiger charge is -2.26. The van der Waals surface area contributed by atoms with Gasteiger partial charge in [0.25, 0.3) is 0 Å². The van der Waals surface area contributed by atoms with E-state index in [9.17, 15) is 18.0 Å². The van der Waals surface area contributed by atoms with Crippen LogP contribution in [0.15, 0.2) is 18.2 Å². The second kappa shape index (κ2) is 5.84. The van der Waals surface area contributed by atoms with E-state index in [-0.39, 0.29) is 29.3 Å². The number of fused-ring (bicyclic) bond motifs is 1. The number of imidazole rings is 1. The Bertz CT molecular complexity index is 725. The summed E-state index contributed by atoms with van der Waals surface area (Å²) < 4.78 is 38.1. The lowest BCUT2D eigenvalue weighted by molar-refractivity contribution is -0.137. The summed E-state index contributed by atoms with van der Waals surface area (Å²) in [5.41, 5.74) is -0.125. The summed E-state index contributed by atoms with van der Waals surface area (Å²) in [6, 6.07) is 3.52. The Labute approximate surface area is 130 Å². The van der Waals surface area contributed by atoms with Crippen molar-refractivity contribution in [2.45, 2.75) is 32.0 Å². The van der Waals surface area contributed by atoms with Crippen LogP contribution in [0, 0.1) is 5.92 Å². The molecule has 0 radical (unpaired) electrons. The Balaban J connectivity index is 1.77. The van der Waals surface area contributed by atoms with Crippen LogP contribution in [0.5, 0.6) is 0 Å². The van der Waals surface area contributed by atoms with Crippen molar-refractivity contribution in [3.05, 3.63) is 23.8 Å². The van der Waals surface area contributed by atoms with Gasteiger partial charge in [0.15, 0.2) is 0 Å². The van der Waals surface area contributed by atoms with Crippen LogP contribution in [0.3, 0.4) is 0 Å². The molecule has 23 heavy (non-hydrogen) atoms. The third-order valence-electron chi connectivity index (χ3n) is 4.05. The van der Waals surface area contributed by atoms with E-state index in [4.69, 9.17) is 0 Å². The number of amides is 1. The zero-order valence-electron chi connectivity index (χ0n) is 12.5. The molecule has 0 bridgehead atoms. The van der Waals surface area contributed by atoms with Gasteiger partial charge in [-0.1, -0.05) is 0 Å². The number of carbonyl (C=O) groups is 1. The molecule has 124 valence electrons. The number of nitrogens with one attached hydrogen (secondary N) is 3. The highest BCUT2D eigenvalue weighted by atomic mass is 19.4. The largest absolute Gasteiger partial charge is 0.416 e. The maximum absolute atomic E-state index is 12.7. The molecule has 1 amide bonds. The fourth-order valence-electron chi connectivity index (χ4n) is 2.83. The molecule has 2 heterocycles. The second-order valence-corrected chi connectivity index (χ2v) is 5.88. The molecule has 1 aliphatic rings. The SMILES string of the molecule is C[C@H]1C[C@@H](C(=O)Nc2nc3ccc(C(F)(F)F)cc3[nH]2)CCN1. The molecule has 2 aromatic rings. The van der Waals surface area contributed by atoms with Crippen LogP contribution in [0.1, 0.15) is 25.3 Å². The molecule has 3 rings (SSSR count).